The predicted octanol–water partition coefficient (Wildman–Crippen LogP) is 3.84. The molecule has 0 N–H and O–H groups in total. The Morgan fingerprint density at radius 3 is 1.63 bits per heavy atom. The summed E-state index contributed by atoms with van der Waals surface area (Å²) < 4.78 is 5.09. The molecule has 27 heavy (non-hydrogen) atoms. The molecule has 0 atom stereocenters. The summed E-state index contributed by atoms with van der Waals surface area (Å²) in [5, 5.41) is 0.602. The maximum Gasteiger partial charge on any atom is 0.333 e. The third kappa shape index (κ3) is 10.7. The van der Waals surface area contributed by atoms with Crippen LogP contribution in [0.1, 0.15) is 97.3 Å². The Morgan fingerprint density at radius 2 is 1.19 bits per heavy atom. The first-order valence-electron chi connectivity index (χ1n) is 10.2. The number of hydrogen-bond acceptors (Lipinski definition) is 6. The summed E-state index contributed by atoms with van der Waals surface area (Å²) in [7, 11) is 0. The van der Waals surface area contributed by atoms with E-state index in [0.717, 1.165) is 51.4 Å². The number of unbranched alkanes of at least 4 members (excludes halogenated alkanes) is 8. The molecule has 0 aliphatic carbocycles. The maximum atomic E-state index is 11.6. The monoisotopic (exact) mass is 383 g/mol. The molecule has 154 valence electrons. The minimum Gasteiger partial charge on any atom is -0.463 e. The molecule has 1 heterocycles. The van der Waals surface area contributed by atoms with Crippen LogP contribution in [0, 0.1) is 0 Å². The summed E-state index contributed by atoms with van der Waals surface area (Å²) in [6.07, 6.45) is 10.1. The number of carbonyl (C=O) groups is 4. The SMILES string of the molecule is CC(C)OC(=O)CCCCCCCCCCCC(=O)ON1C(=O)CCC1=O. The second kappa shape index (κ2) is 13.3. The Kier molecular flexibility index (Phi) is 11.4. The van der Waals surface area contributed by atoms with Gasteiger partial charge in [-0.15, -0.1) is 5.06 Å². The number of hydrogen-bond donors (Lipinski definition) is 0. The van der Waals surface area contributed by atoms with Crippen molar-refractivity contribution in [2.24, 2.45) is 0 Å². The molecular formula is C20H33NO6. The quantitative estimate of drug-likeness (QED) is 0.257. The van der Waals surface area contributed by atoms with E-state index in [1.54, 1.807) is 0 Å². The van der Waals surface area contributed by atoms with Gasteiger partial charge in [0.2, 0.25) is 0 Å². The average molecular weight is 383 g/mol. The van der Waals surface area contributed by atoms with Crippen molar-refractivity contribution in [2.45, 2.75) is 103 Å². The summed E-state index contributed by atoms with van der Waals surface area (Å²) in [6, 6.07) is 0. The van der Waals surface area contributed by atoms with Crippen LogP contribution in [-0.2, 0) is 28.8 Å². The van der Waals surface area contributed by atoms with Gasteiger partial charge >= 0.3 is 11.9 Å². The number of imide groups is 1. The minimum atomic E-state index is -0.519. The lowest BCUT2D eigenvalue weighted by molar-refractivity contribution is -0.197. The Balaban J connectivity index is 1.87. The molecule has 1 rings (SSSR count). The van der Waals surface area contributed by atoms with Crippen LogP contribution in [0.3, 0.4) is 0 Å². The summed E-state index contributed by atoms with van der Waals surface area (Å²) in [6.45, 7) is 3.71. The molecule has 1 saturated heterocycles. The molecule has 1 fully saturated rings. The third-order valence-corrected chi connectivity index (χ3v) is 4.33. The lowest BCUT2D eigenvalue weighted by Gasteiger charge is -2.12. The molecule has 1 aliphatic heterocycles. The van der Waals surface area contributed by atoms with E-state index < -0.39 is 17.8 Å². The van der Waals surface area contributed by atoms with E-state index in [-0.39, 0.29) is 31.3 Å². The van der Waals surface area contributed by atoms with Crippen molar-refractivity contribution in [3.05, 3.63) is 0 Å². The van der Waals surface area contributed by atoms with Gasteiger partial charge in [-0.2, -0.15) is 0 Å². The number of ether oxygens (including phenoxy) is 1. The van der Waals surface area contributed by atoms with Crippen molar-refractivity contribution in [3.63, 3.8) is 0 Å². The lowest BCUT2D eigenvalue weighted by atomic mass is 10.1. The molecule has 2 amide bonds. The number of nitrogens with zero attached hydrogens (tertiary/aromatic N) is 1. The molecule has 0 saturated carbocycles. The average Bonchev–Trinajstić information content (AvgIpc) is 2.91. The highest BCUT2D eigenvalue weighted by atomic mass is 16.7. The van der Waals surface area contributed by atoms with Gasteiger partial charge < -0.3 is 9.57 Å². The first kappa shape index (κ1) is 23.1. The molecule has 7 heteroatoms. The largest absolute Gasteiger partial charge is 0.463 e. The van der Waals surface area contributed by atoms with E-state index in [4.69, 9.17) is 9.57 Å². The first-order valence-corrected chi connectivity index (χ1v) is 10.2. The highest BCUT2D eigenvalue weighted by Gasteiger charge is 2.32. The molecule has 0 unspecified atom stereocenters. The third-order valence-electron chi connectivity index (χ3n) is 4.33. The predicted molar refractivity (Wildman–Crippen MR) is 99.2 cm³/mol. The zero-order chi connectivity index (χ0) is 20.1. The fourth-order valence-electron chi connectivity index (χ4n) is 2.90. The standard InChI is InChI=1S/C20H33NO6/c1-16(2)26-19(24)12-10-8-6-4-3-5-7-9-11-13-20(25)27-21-17(22)14-15-18(21)23/h16H,3-15H2,1-2H3. The Labute approximate surface area is 161 Å². The Bertz CT molecular complexity index is 487. The molecule has 0 radical (unpaired) electrons. The molecular weight excluding hydrogens is 350 g/mol. The van der Waals surface area contributed by atoms with Crippen LogP contribution >= 0.6 is 0 Å². The molecule has 0 spiro atoms. The summed E-state index contributed by atoms with van der Waals surface area (Å²) in [5.74, 6) is -1.51. The lowest BCUT2D eigenvalue weighted by Crippen LogP contribution is -2.31. The zero-order valence-electron chi connectivity index (χ0n) is 16.7. The van der Waals surface area contributed by atoms with Crippen molar-refractivity contribution in [1.29, 1.82) is 0 Å². The van der Waals surface area contributed by atoms with E-state index in [0.29, 0.717) is 17.9 Å². The van der Waals surface area contributed by atoms with E-state index in [1.165, 1.54) is 0 Å². The van der Waals surface area contributed by atoms with E-state index in [1.807, 2.05) is 13.8 Å². The summed E-state index contributed by atoms with van der Waals surface area (Å²) in [4.78, 5) is 50.5. The highest BCUT2D eigenvalue weighted by molar-refractivity contribution is 6.01. The van der Waals surface area contributed by atoms with Crippen molar-refractivity contribution in [2.75, 3.05) is 0 Å². The van der Waals surface area contributed by atoms with Crippen LogP contribution in [0.4, 0.5) is 0 Å². The number of rotatable bonds is 14. The van der Waals surface area contributed by atoms with Crippen LogP contribution < -0.4 is 0 Å². The second-order valence-corrected chi connectivity index (χ2v) is 7.27. The highest BCUT2D eigenvalue weighted by Crippen LogP contribution is 2.15. The van der Waals surface area contributed by atoms with Gasteiger partial charge in [-0.05, 0) is 26.7 Å². The van der Waals surface area contributed by atoms with Gasteiger partial charge in [0.15, 0.2) is 0 Å². The molecule has 1 aliphatic rings. The first-order chi connectivity index (χ1) is 12.9. The van der Waals surface area contributed by atoms with Gasteiger partial charge in [0, 0.05) is 25.7 Å². The zero-order valence-corrected chi connectivity index (χ0v) is 16.7. The van der Waals surface area contributed by atoms with Crippen LogP contribution in [0.15, 0.2) is 0 Å². The van der Waals surface area contributed by atoms with Gasteiger partial charge in [0.1, 0.15) is 0 Å². The fraction of sp³-hybridized carbons (Fsp3) is 0.800. The topological polar surface area (TPSA) is 90.0 Å². The van der Waals surface area contributed by atoms with Crippen molar-refractivity contribution >= 4 is 23.8 Å². The molecule has 0 aromatic rings. The summed E-state index contributed by atoms with van der Waals surface area (Å²) >= 11 is 0. The van der Waals surface area contributed by atoms with Crippen molar-refractivity contribution in [1.82, 2.24) is 5.06 Å². The van der Waals surface area contributed by atoms with Crippen LogP contribution in [0.5, 0.6) is 0 Å². The number of amides is 2. The normalized spacial score (nSPS) is 14.1. The van der Waals surface area contributed by atoms with Gasteiger partial charge in [-0.3, -0.25) is 14.4 Å². The smallest absolute Gasteiger partial charge is 0.333 e. The Hall–Kier alpha value is -1.92. The van der Waals surface area contributed by atoms with Crippen LogP contribution in [-0.4, -0.2) is 34.9 Å². The van der Waals surface area contributed by atoms with Gasteiger partial charge in [-0.25, -0.2) is 4.79 Å². The number of esters is 1. The van der Waals surface area contributed by atoms with Gasteiger partial charge in [0.05, 0.1) is 6.10 Å². The van der Waals surface area contributed by atoms with Crippen LogP contribution in [0.25, 0.3) is 0 Å². The summed E-state index contributed by atoms with van der Waals surface area (Å²) in [5.41, 5.74) is 0. The molecule has 7 nitrogen and oxygen atoms in total. The van der Waals surface area contributed by atoms with Gasteiger partial charge in [-0.1, -0.05) is 44.9 Å². The Morgan fingerprint density at radius 1 is 0.778 bits per heavy atom. The fourth-order valence-corrected chi connectivity index (χ4v) is 2.90. The van der Waals surface area contributed by atoms with E-state index >= 15 is 0 Å². The van der Waals surface area contributed by atoms with E-state index in [2.05, 4.69) is 0 Å². The van der Waals surface area contributed by atoms with E-state index in [9.17, 15) is 19.2 Å². The second-order valence-electron chi connectivity index (χ2n) is 7.27. The number of carbonyl (C=O) groups excluding carboxylic acids is 4. The minimum absolute atomic E-state index is 0.0374. The van der Waals surface area contributed by atoms with Crippen molar-refractivity contribution in [3.8, 4) is 0 Å². The van der Waals surface area contributed by atoms with Crippen molar-refractivity contribution < 1.29 is 28.8 Å². The molecule has 0 bridgehead atoms. The molecule has 0 aromatic carbocycles. The molecule has 0 aromatic heterocycles. The van der Waals surface area contributed by atoms with Crippen LogP contribution in [0.2, 0.25) is 0 Å². The maximum absolute atomic E-state index is 11.6. The van der Waals surface area contributed by atoms with Gasteiger partial charge in [0.25, 0.3) is 11.8 Å². The number of hydroxylamine groups is 2.